The molecule has 1 saturated heterocycles. The van der Waals surface area contributed by atoms with Gasteiger partial charge in [0.25, 0.3) is 0 Å². The second-order valence-corrected chi connectivity index (χ2v) is 11.4. The van der Waals surface area contributed by atoms with Crippen LogP contribution in [0.1, 0.15) is 84.5 Å². The van der Waals surface area contributed by atoms with Gasteiger partial charge in [-0.3, -0.25) is 0 Å². The molecule has 0 aromatic carbocycles. The molecule has 4 fully saturated rings. The summed E-state index contributed by atoms with van der Waals surface area (Å²) in [6, 6.07) is 0. The van der Waals surface area contributed by atoms with Gasteiger partial charge in [0.1, 0.15) is 5.60 Å². The fourth-order valence-corrected chi connectivity index (χ4v) is 8.10. The summed E-state index contributed by atoms with van der Waals surface area (Å²) in [6.07, 6.45) is 13.4. The molecule has 4 nitrogen and oxygen atoms in total. The molecule has 0 unspecified atom stereocenters. The number of hydrogen-bond donors (Lipinski definition) is 2. The summed E-state index contributed by atoms with van der Waals surface area (Å²) in [5.74, 6) is 8.14. The second-order valence-electron chi connectivity index (χ2n) is 11.4. The molecule has 172 valence electrons. The summed E-state index contributed by atoms with van der Waals surface area (Å²) in [7, 11) is 0. The van der Waals surface area contributed by atoms with Crippen molar-refractivity contribution in [1.29, 1.82) is 0 Å². The number of hydrogen-bond acceptors (Lipinski definition) is 4. The van der Waals surface area contributed by atoms with Gasteiger partial charge in [-0.25, -0.2) is 0 Å². The summed E-state index contributed by atoms with van der Waals surface area (Å²) >= 11 is 0. The lowest BCUT2D eigenvalue weighted by molar-refractivity contribution is -0.186. The zero-order valence-electron chi connectivity index (χ0n) is 19.4. The van der Waals surface area contributed by atoms with Crippen molar-refractivity contribution in [2.75, 3.05) is 19.8 Å². The Hall–Kier alpha value is -0.860. The van der Waals surface area contributed by atoms with Gasteiger partial charge in [-0.2, -0.15) is 0 Å². The van der Waals surface area contributed by atoms with Gasteiger partial charge in [0.15, 0.2) is 5.79 Å². The van der Waals surface area contributed by atoms with E-state index in [9.17, 15) is 5.11 Å². The minimum atomic E-state index is -0.852. The fraction of sp³-hybridized carbons (Fsp3) is 0.852. The zero-order chi connectivity index (χ0) is 21.7. The van der Waals surface area contributed by atoms with Gasteiger partial charge in [0.2, 0.25) is 0 Å². The van der Waals surface area contributed by atoms with Gasteiger partial charge in [-0.1, -0.05) is 31.4 Å². The molecule has 6 atom stereocenters. The Labute approximate surface area is 187 Å². The van der Waals surface area contributed by atoms with E-state index in [1.54, 1.807) is 5.57 Å². The van der Waals surface area contributed by atoms with Crippen LogP contribution in [0.4, 0.5) is 0 Å². The van der Waals surface area contributed by atoms with Crippen LogP contribution in [0.2, 0.25) is 0 Å². The summed E-state index contributed by atoms with van der Waals surface area (Å²) in [6.45, 7) is 6.51. The van der Waals surface area contributed by atoms with Crippen molar-refractivity contribution in [3.8, 4) is 11.8 Å². The predicted octanol–water partition coefficient (Wildman–Crippen LogP) is 4.59. The third-order valence-corrected chi connectivity index (χ3v) is 10.1. The number of rotatable bonds is 3. The topological polar surface area (TPSA) is 58.9 Å². The van der Waals surface area contributed by atoms with Crippen LogP contribution in [-0.2, 0) is 9.47 Å². The normalized spacial score (nSPS) is 45.3. The summed E-state index contributed by atoms with van der Waals surface area (Å²) < 4.78 is 12.1. The Morgan fingerprint density at radius 3 is 2.58 bits per heavy atom. The third-order valence-electron chi connectivity index (χ3n) is 10.1. The number of aliphatic hydroxyl groups excluding tert-OH is 1. The molecule has 1 aliphatic heterocycles. The van der Waals surface area contributed by atoms with Gasteiger partial charge in [0.05, 0.1) is 13.2 Å². The number of allylic oxidation sites excluding steroid dienone is 1. The van der Waals surface area contributed by atoms with Crippen LogP contribution in [0, 0.1) is 40.4 Å². The zero-order valence-corrected chi connectivity index (χ0v) is 19.4. The Morgan fingerprint density at radius 1 is 1.03 bits per heavy atom. The molecule has 0 amide bonds. The SMILES string of the molecule is C[C@]12CCC3(CC1=CC[C@@H]1[C@@H]2CC[C@@]2(C)[C@H]1CC[C@@]2(O)C#CCCCCO)OCCO3. The summed E-state index contributed by atoms with van der Waals surface area (Å²) in [5, 5.41) is 20.6. The minimum absolute atomic E-state index is 0.104. The highest BCUT2D eigenvalue weighted by Crippen LogP contribution is 2.67. The smallest absolute Gasteiger partial charge is 0.172 e. The standard InChI is InChI=1S/C27H40O4/c1-24-14-15-27(30-17-18-31-27)19-20(24)7-8-21-22(24)9-12-25(2)23(21)10-13-26(25,29)11-5-3-4-6-16-28/h7,21-23,28-29H,3-4,6,8-10,12-19H2,1-2H3/t21-,22+,23+,24+,25+,26+/m1/s1. The molecule has 0 aromatic rings. The molecule has 0 aromatic heterocycles. The first kappa shape index (κ1) is 22.0. The van der Waals surface area contributed by atoms with E-state index in [0.717, 1.165) is 77.4 Å². The molecule has 5 rings (SSSR count). The van der Waals surface area contributed by atoms with Gasteiger partial charge >= 0.3 is 0 Å². The van der Waals surface area contributed by atoms with E-state index in [-0.39, 0.29) is 23.2 Å². The molecule has 0 radical (unpaired) electrons. The Kier molecular flexibility index (Phi) is 5.58. The van der Waals surface area contributed by atoms with E-state index in [4.69, 9.17) is 14.6 Å². The van der Waals surface area contributed by atoms with Crippen LogP contribution in [0.25, 0.3) is 0 Å². The van der Waals surface area contributed by atoms with Crippen molar-refractivity contribution in [3.63, 3.8) is 0 Å². The van der Waals surface area contributed by atoms with E-state index in [2.05, 4.69) is 31.8 Å². The quantitative estimate of drug-likeness (QED) is 0.392. The molecule has 1 heterocycles. The van der Waals surface area contributed by atoms with Crippen molar-refractivity contribution in [2.45, 2.75) is 95.9 Å². The fourth-order valence-electron chi connectivity index (χ4n) is 8.10. The lowest BCUT2D eigenvalue weighted by Gasteiger charge is -2.59. The van der Waals surface area contributed by atoms with Crippen molar-refractivity contribution >= 4 is 0 Å². The monoisotopic (exact) mass is 428 g/mol. The van der Waals surface area contributed by atoms with Crippen LogP contribution < -0.4 is 0 Å². The summed E-state index contributed by atoms with van der Waals surface area (Å²) in [4.78, 5) is 0. The van der Waals surface area contributed by atoms with E-state index in [1.807, 2.05) is 0 Å². The lowest BCUT2D eigenvalue weighted by Crippen LogP contribution is -2.55. The second kappa shape index (κ2) is 7.87. The number of ether oxygens (including phenoxy) is 2. The van der Waals surface area contributed by atoms with Gasteiger partial charge in [-0.15, -0.1) is 5.92 Å². The predicted molar refractivity (Wildman–Crippen MR) is 120 cm³/mol. The van der Waals surface area contributed by atoms with Crippen LogP contribution in [-0.4, -0.2) is 41.4 Å². The third kappa shape index (κ3) is 3.34. The minimum Gasteiger partial charge on any atom is -0.396 e. The van der Waals surface area contributed by atoms with Crippen molar-refractivity contribution in [1.82, 2.24) is 0 Å². The molecule has 2 N–H and O–H groups in total. The molecule has 4 heteroatoms. The molecular formula is C27H40O4. The van der Waals surface area contributed by atoms with Gasteiger partial charge in [-0.05, 0) is 74.5 Å². The van der Waals surface area contributed by atoms with Crippen LogP contribution in [0.5, 0.6) is 0 Å². The first-order valence-electron chi connectivity index (χ1n) is 12.7. The molecular weight excluding hydrogens is 388 g/mol. The van der Waals surface area contributed by atoms with Gasteiger partial charge in [0, 0.05) is 31.3 Å². The Morgan fingerprint density at radius 2 is 1.81 bits per heavy atom. The average Bonchev–Trinajstić information content (AvgIpc) is 3.31. The first-order valence-corrected chi connectivity index (χ1v) is 12.7. The average molecular weight is 429 g/mol. The largest absolute Gasteiger partial charge is 0.396 e. The first-order chi connectivity index (χ1) is 14.9. The maximum absolute atomic E-state index is 11.7. The highest BCUT2D eigenvalue weighted by atomic mass is 16.7. The Bertz CT molecular complexity index is 787. The van der Waals surface area contributed by atoms with Crippen molar-refractivity contribution < 1.29 is 19.7 Å². The molecule has 0 bridgehead atoms. The Balaban J connectivity index is 1.36. The van der Waals surface area contributed by atoms with Gasteiger partial charge < -0.3 is 19.7 Å². The molecule has 1 spiro atoms. The number of fused-ring (bicyclic) bond motifs is 5. The molecule has 3 saturated carbocycles. The van der Waals surface area contributed by atoms with E-state index >= 15 is 0 Å². The molecule has 31 heavy (non-hydrogen) atoms. The highest BCUT2D eigenvalue weighted by molar-refractivity contribution is 5.30. The van der Waals surface area contributed by atoms with Crippen molar-refractivity contribution in [2.24, 2.45) is 28.6 Å². The molecule has 5 aliphatic rings. The maximum Gasteiger partial charge on any atom is 0.172 e. The maximum atomic E-state index is 11.7. The van der Waals surface area contributed by atoms with E-state index < -0.39 is 5.60 Å². The number of aliphatic hydroxyl groups is 2. The lowest BCUT2D eigenvalue weighted by atomic mass is 9.47. The highest BCUT2D eigenvalue weighted by Gasteiger charge is 2.64. The van der Waals surface area contributed by atoms with Crippen molar-refractivity contribution in [3.05, 3.63) is 11.6 Å². The summed E-state index contributed by atoms with van der Waals surface area (Å²) in [5.41, 5.74) is 0.867. The van der Waals surface area contributed by atoms with E-state index in [0.29, 0.717) is 17.8 Å². The van der Waals surface area contributed by atoms with Crippen LogP contribution >= 0.6 is 0 Å². The van der Waals surface area contributed by atoms with E-state index in [1.165, 1.54) is 6.42 Å². The number of unbranched alkanes of at least 4 members (excludes halogenated alkanes) is 2. The molecule has 4 aliphatic carbocycles. The van der Waals surface area contributed by atoms with Crippen LogP contribution in [0.15, 0.2) is 11.6 Å². The van der Waals surface area contributed by atoms with Crippen LogP contribution in [0.3, 0.4) is 0 Å².